The molecular formula is C13H23ClN4O. The van der Waals surface area contributed by atoms with E-state index in [1.165, 1.54) is 32.1 Å². The Hall–Kier alpha value is -1.07. The lowest BCUT2D eigenvalue weighted by Gasteiger charge is -2.30. The number of halogens is 1. The molecule has 0 saturated heterocycles. The maximum absolute atomic E-state index is 12.1. The van der Waals surface area contributed by atoms with Gasteiger partial charge in [0.15, 0.2) is 0 Å². The molecule has 0 aliphatic heterocycles. The minimum absolute atomic E-state index is 0. The molecule has 1 aromatic rings. The zero-order valence-electron chi connectivity index (χ0n) is 11.3. The van der Waals surface area contributed by atoms with Gasteiger partial charge in [-0.1, -0.05) is 19.3 Å². The number of rotatable bonds is 4. The van der Waals surface area contributed by atoms with Gasteiger partial charge in [-0.3, -0.25) is 9.89 Å². The molecule has 19 heavy (non-hydrogen) atoms. The highest BCUT2D eigenvalue weighted by molar-refractivity contribution is 5.95. The molecule has 1 atom stereocenters. The number of nitrogens with two attached hydrogens (primary N) is 1. The smallest absolute Gasteiger partial charge is 0.255 e. The van der Waals surface area contributed by atoms with Gasteiger partial charge in [0.2, 0.25) is 0 Å². The Morgan fingerprint density at radius 1 is 1.53 bits per heavy atom. The van der Waals surface area contributed by atoms with Crippen LogP contribution in [0.3, 0.4) is 0 Å². The predicted molar refractivity (Wildman–Crippen MR) is 77.5 cm³/mol. The maximum atomic E-state index is 12.1. The van der Waals surface area contributed by atoms with E-state index in [1.54, 1.807) is 6.20 Å². The van der Waals surface area contributed by atoms with Gasteiger partial charge in [-0.15, -0.1) is 12.4 Å². The second kappa shape index (κ2) is 7.50. The molecule has 1 heterocycles. The van der Waals surface area contributed by atoms with Crippen molar-refractivity contribution in [2.75, 3.05) is 6.54 Å². The molecule has 2 rings (SSSR count). The van der Waals surface area contributed by atoms with Crippen LogP contribution in [0.15, 0.2) is 6.20 Å². The van der Waals surface area contributed by atoms with Crippen LogP contribution >= 0.6 is 12.4 Å². The van der Waals surface area contributed by atoms with Gasteiger partial charge >= 0.3 is 0 Å². The van der Waals surface area contributed by atoms with E-state index in [0.717, 1.165) is 5.69 Å². The van der Waals surface area contributed by atoms with Gasteiger partial charge in [-0.25, -0.2) is 0 Å². The van der Waals surface area contributed by atoms with Crippen LogP contribution < -0.4 is 11.1 Å². The van der Waals surface area contributed by atoms with Crippen molar-refractivity contribution in [3.05, 3.63) is 17.5 Å². The number of amides is 1. The number of aromatic nitrogens is 2. The van der Waals surface area contributed by atoms with Crippen LogP contribution in [-0.4, -0.2) is 28.7 Å². The fourth-order valence-electron chi connectivity index (χ4n) is 2.73. The van der Waals surface area contributed by atoms with E-state index in [1.807, 2.05) is 6.92 Å². The number of nitrogens with zero attached hydrogens (tertiary/aromatic N) is 1. The van der Waals surface area contributed by atoms with E-state index in [-0.39, 0.29) is 24.4 Å². The van der Waals surface area contributed by atoms with Gasteiger partial charge in [-0.05, 0) is 25.7 Å². The molecule has 1 aliphatic rings. The van der Waals surface area contributed by atoms with Gasteiger partial charge < -0.3 is 11.1 Å². The topological polar surface area (TPSA) is 83.8 Å². The summed E-state index contributed by atoms with van der Waals surface area (Å²) in [6.07, 6.45) is 7.73. The number of hydrogen-bond donors (Lipinski definition) is 3. The molecule has 1 amide bonds. The molecule has 1 unspecified atom stereocenters. The highest BCUT2D eigenvalue weighted by Gasteiger charge is 2.25. The summed E-state index contributed by atoms with van der Waals surface area (Å²) in [6, 6.07) is 0.0899. The van der Waals surface area contributed by atoms with Crippen molar-refractivity contribution >= 4 is 18.3 Å². The quantitative estimate of drug-likeness (QED) is 0.789. The molecule has 5 nitrogen and oxygen atoms in total. The number of aryl methyl sites for hydroxylation is 1. The lowest BCUT2D eigenvalue weighted by atomic mass is 9.84. The lowest BCUT2D eigenvalue weighted by molar-refractivity contribution is 0.0915. The second-order valence-corrected chi connectivity index (χ2v) is 5.12. The van der Waals surface area contributed by atoms with Crippen molar-refractivity contribution in [2.24, 2.45) is 11.7 Å². The number of aromatic amines is 1. The molecule has 6 heteroatoms. The molecule has 0 radical (unpaired) electrons. The Labute approximate surface area is 120 Å². The molecule has 108 valence electrons. The van der Waals surface area contributed by atoms with Gasteiger partial charge in [-0.2, -0.15) is 5.10 Å². The first-order valence-corrected chi connectivity index (χ1v) is 6.73. The Morgan fingerprint density at radius 2 is 2.21 bits per heavy atom. The maximum Gasteiger partial charge on any atom is 0.255 e. The Morgan fingerprint density at radius 3 is 2.74 bits per heavy atom. The monoisotopic (exact) mass is 286 g/mol. The number of hydrogen-bond acceptors (Lipinski definition) is 3. The third-order valence-electron chi connectivity index (χ3n) is 3.86. The van der Waals surface area contributed by atoms with Crippen molar-refractivity contribution in [1.82, 2.24) is 15.5 Å². The summed E-state index contributed by atoms with van der Waals surface area (Å²) in [5.41, 5.74) is 7.22. The largest absolute Gasteiger partial charge is 0.348 e. The first-order chi connectivity index (χ1) is 8.72. The summed E-state index contributed by atoms with van der Waals surface area (Å²) in [6.45, 7) is 2.35. The summed E-state index contributed by atoms with van der Waals surface area (Å²) >= 11 is 0. The van der Waals surface area contributed by atoms with Crippen LogP contribution in [0.5, 0.6) is 0 Å². The average molecular weight is 287 g/mol. The van der Waals surface area contributed by atoms with Gasteiger partial charge in [0.05, 0.1) is 11.8 Å². The average Bonchev–Trinajstić information content (AvgIpc) is 2.83. The molecule has 4 N–H and O–H groups in total. The summed E-state index contributed by atoms with van der Waals surface area (Å²) in [4.78, 5) is 12.1. The Bertz CT molecular complexity index is 401. The van der Waals surface area contributed by atoms with Crippen molar-refractivity contribution < 1.29 is 4.79 Å². The summed E-state index contributed by atoms with van der Waals surface area (Å²) in [5, 5.41) is 9.71. The van der Waals surface area contributed by atoms with E-state index in [0.29, 0.717) is 18.0 Å². The number of carbonyl (C=O) groups excluding carboxylic acids is 1. The molecule has 1 saturated carbocycles. The van der Waals surface area contributed by atoms with E-state index in [9.17, 15) is 4.79 Å². The molecular weight excluding hydrogens is 264 g/mol. The first kappa shape index (κ1) is 16.0. The van der Waals surface area contributed by atoms with E-state index in [2.05, 4.69) is 15.5 Å². The van der Waals surface area contributed by atoms with Crippen molar-refractivity contribution in [2.45, 2.75) is 45.1 Å². The van der Waals surface area contributed by atoms with Crippen LogP contribution in [0.25, 0.3) is 0 Å². The summed E-state index contributed by atoms with van der Waals surface area (Å²) < 4.78 is 0. The summed E-state index contributed by atoms with van der Waals surface area (Å²) in [5.74, 6) is 0.460. The van der Waals surface area contributed by atoms with Crippen LogP contribution in [-0.2, 0) is 0 Å². The minimum Gasteiger partial charge on any atom is -0.348 e. The van der Waals surface area contributed by atoms with Crippen LogP contribution in [0, 0.1) is 12.8 Å². The normalized spacial score (nSPS) is 17.6. The second-order valence-electron chi connectivity index (χ2n) is 5.12. The molecule has 0 spiro atoms. The molecule has 1 aromatic heterocycles. The number of nitrogens with one attached hydrogen (secondary N) is 2. The van der Waals surface area contributed by atoms with E-state index >= 15 is 0 Å². The van der Waals surface area contributed by atoms with Crippen LogP contribution in [0.4, 0.5) is 0 Å². The SMILES string of the molecule is Cc1[nH]ncc1C(=O)NC(CN)C1CCCCC1.Cl. The highest BCUT2D eigenvalue weighted by atomic mass is 35.5. The fourth-order valence-corrected chi connectivity index (χ4v) is 2.73. The summed E-state index contributed by atoms with van der Waals surface area (Å²) in [7, 11) is 0. The fraction of sp³-hybridized carbons (Fsp3) is 0.692. The van der Waals surface area contributed by atoms with Crippen molar-refractivity contribution in [3.8, 4) is 0 Å². The van der Waals surface area contributed by atoms with Crippen LogP contribution in [0.2, 0.25) is 0 Å². The third-order valence-corrected chi connectivity index (χ3v) is 3.86. The predicted octanol–water partition coefficient (Wildman–Crippen LogP) is 1.78. The first-order valence-electron chi connectivity index (χ1n) is 6.73. The van der Waals surface area contributed by atoms with Gasteiger partial charge in [0, 0.05) is 18.3 Å². The van der Waals surface area contributed by atoms with Crippen LogP contribution in [0.1, 0.15) is 48.2 Å². The van der Waals surface area contributed by atoms with E-state index in [4.69, 9.17) is 5.73 Å². The zero-order valence-corrected chi connectivity index (χ0v) is 12.1. The van der Waals surface area contributed by atoms with E-state index < -0.39 is 0 Å². The Balaban J connectivity index is 0.00000180. The van der Waals surface area contributed by atoms with Gasteiger partial charge in [0.25, 0.3) is 5.91 Å². The molecule has 0 bridgehead atoms. The molecule has 1 aliphatic carbocycles. The minimum atomic E-state index is -0.0673. The highest BCUT2D eigenvalue weighted by Crippen LogP contribution is 2.26. The Kier molecular flexibility index (Phi) is 6.31. The van der Waals surface area contributed by atoms with Crippen molar-refractivity contribution in [1.29, 1.82) is 0 Å². The van der Waals surface area contributed by atoms with Crippen molar-refractivity contribution in [3.63, 3.8) is 0 Å². The lowest BCUT2D eigenvalue weighted by Crippen LogP contribution is -2.46. The molecule has 1 fully saturated rings. The zero-order chi connectivity index (χ0) is 13.0. The molecule has 0 aromatic carbocycles. The number of carbonyl (C=O) groups is 1. The number of H-pyrrole nitrogens is 1. The third kappa shape index (κ3) is 3.94. The standard InChI is InChI=1S/C13H22N4O.ClH/c1-9-11(8-15-17-9)13(18)16-12(7-14)10-5-3-2-4-6-10;/h8,10,12H,2-7,14H2,1H3,(H,15,17)(H,16,18);1H. The van der Waals surface area contributed by atoms with Gasteiger partial charge in [0.1, 0.15) is 0 Å².